The maximum Gasteiger partial charge on any atom is 0.171 e. The van der Waals surface area contributed by atoms with Gasteiger partial charge in [0.2, 0.25) is 0 Å². The first-order valence-electron chi connectivity index (χ1n) is 16.5. The number of benzene rings is 8. The van der Waals surface area contributed by atoms with E-state index in [1.54, 1.807) is 0 Å². The van der Waals surface area contributed by atoms with Crippen LogP contribution in [0.25, 0.3) is 60.8 Å². The van der Waals surface area contributed by atoms with Crippen LogP contribution in [-0.4, -0.2) is 9.55 Å². The summed E-state index contributed by atoms with van der Waals surface area (Å²) in [6.07, 6.45) is 0. The van der Waals surface area contributed by atoms with Gasteiger partial charge in [-0.05, 0) is 69.1 Å². The molecule has 9 aromatic rings. The molecule has 0 atom stereocenters. The highest BCUT2D eigenvalue weighted by atomic mass is 31.2. The molecule has 1 heterocycles. The molecule has 0 aliphatic carbocycles. The number of aromatic nitrogens is 2. The molecule has 0 bridgehead atoms. The van der Waals surface area contributed by atoms with Gasteiger partial charge in [-0.25, -0.2) is 4.98 Å². The van der Waals surface area contributed by atoms with Gasteiger partial charge in [0.15, 0.2) is 7.14 Å². The normalized spacial score (nSPS) is 11.8. The maximum absolute atomic E-state index is 15.4. The Labute approximate surface area is 285 Å². The average molecular weight is 647 g/mol. The van der Waals surface area contributed by atoms with Crippen LogP contribution in [0.4, 0.5) is 0 Å². The Balaban J connectivity index is 1.25. The number of fused-ring (bicyclic) bond motifs is 4. The number of imidazole rings is 1. The van der Waals surface area contributed by atoms with Gasteiger partial charge in [-0.2, -0.15) is 0 Å². The molecule has 3 nitrogen and oxygen atoms in total. The van der Waals surface area contributed by atoms with Crippen LogP contribution in [0.2, 0.25) is 0 Å². The molecule has 0 unspecified atom stereocenters. The van der Waals surface area contributed by atoms with Crippen LogP contribution < -0.4 is 15.9 Å². The van der Waals surface area contributed by atoms with Crippen molar-refractivity contribution in [2.24, 2.45) is 0 Å². The molecule has 0 saturated heterocycles. The lowest BCUT2D eigenvalue weighted by molar-refractivity contribution is 0.592. The van der Waals surface area contributed by atoms with Crippen molar-refractivity contribution >= 4 is 55.6 Å². The Morgan fingerprint density at radius 1 is 0.429 bits per heavy atom. The van der Waals surface area contributed by atoms with E-state index in [0.29, 0.717) is 0 Å². The summed E-state index contributed by atoms with van der Waals surface area (Å²) < 4.78 is 17.6. The zero-order valence-corrected chi connectivity index (χ0v) is 27.5. The summed E-state index contributed by atoms with van der Waals surface area (Å²) in [5.41, 5.74) is 6.02. The molecular formula is C45H31N2OP. The fraction of sp³-hybridized carbons (Fsp3) is 0. The molecule has 1 aromatic heterocycles. The molecule has 0 radical (unpaired) electrons. The molecule has 0 amide bonds. The lowest BCUT2D eigenvalue weighted by Gasteiger charge is -2.20. The van der Waals surface area contributed by atoms with Gasteiger partial charge in [0.1, 0.15) is 5.82 Å². The zero-order valence-electron chi connectivity index (χ0n) is 26.6. The maximum atomic E-state index is 15.4. The monoisotopic (exact) mass is 646 g/mol. The van der Waals surface area contributed by atoms with E-state index in [1.807, 2.05) is 91.0 Å². The van der Waals surface area contributed by atoms with Gasteiger partial charge in [-0.15, -0.1) is 0 Å². The first-order chi connectivity index (χ1) is 24.2. The predicted octanol–water partition coefficient (Wildman–Crippen LogP) is 10.3. The second kappa shape index (κ2) is 11.9. The van der Waals surface area contributed by atoms with Crippen LogP contribution in [0.3, 0.4) is 0 Å². The van der Waals surface area contributed by atoms with Crippen molar-refractivity contribution in [1.82, 2.24) is 9.55 Å². The summed E-state index contributed by atoms with van der Waals surface area (Å²) in [6, 6.07) is 64.4. The highest BCUT2D eigenvalue weighted by molar-refractivity contribution is 7.85. The fourth-order valence-electron chi connectivity index (χ4n) is 7.04. The lowest BCUT2D eigenvalue weighted by Crippen LogP contribution is -2.25. The molecule has 4 heteroatoms. The molecule has 0 aliphatic rings. The van der Waals surface area contributed by atoms with Gasteiger partial charge in [0, 0.05) is 27.2 Å². The van der Waals surface area contributed by atoms with Gasteiger partial charge in [-0.3, -0.25) is 4.57 Å². The van der Waals surface area contributed by atoms with Crippen LogP contribution in [0.15, 0.2) is 188 Å². The minimum Gasteiger partial charge on any atom is -0.309 e. The van der Waals surface area contributed by atoms with E-state index in [-0.39, 0.29) is 0 Å². The van der Waals surface area contributed by atoms with E-state index < -0.39 is 7.14 Å². The van der Waals surface area contributed by atoms with E-state index >= 15 is 4.57 Å². The third-order valence-corrected chi connectivity index (χ3v) is 12.5. The zero-order chi connectivity index (χ0) is 32.8. The summed E-state index contributed by atoms with van der Waals surface area (Å²) in [5.74, 6) is 0.837. The van der Waals surface area contributed by atoms with Crippen molar-refractivity contribution in [3.63, 3.8) is 0 Å². The highest BCUT2D eigenvalue weighted by Gasteiger charge is 2.30. The van der Waals surface area contributed by atoms with E-state index in [1.165, 1.54) is 21.5 Å². The van der Waals surface area contributed by atoms with Crippen LogP contribution >= 0.6 is 7.14 Å². The largest absolute Gasteiger partial charge is 0.309 e. The Morgan fingerprint density at radius 2 is 1.04 bits per heavy atom. The van der Waals surface area contributed by atoms with Crippen molar-refractivity contribution in [3.8, 4) is 28.2 Å². The third-order valence-electron chi connectivity index (χ3n) is 9.46. The number of nitrogens with zero attached hydrogens (tertiary/aromatic N) is 2. The second-order valence-corrected chi connectivity index (χ2v) is 15.1. The van der Waals surface area contributed by atoms with Crippen LogP contribution in [0.5, 0.6) is 0 Å². The molecule has 49 heavy (non-hydrogen) atoms. The van der Waals surface area contributed by atoms with Gasteiger partial charge >= 0.3 is 0 Å². The minimum absolute atomic E-state index is 0.774. The van der Waals surface area contributed by atoms with Crippen LogP contribution in [-0.2, 0) is 4.57 Å². The highest BCUT2D eigenvalue weighted by Crippen LogP contribution is 2.43. The topological polar surface area (TPSA) is 34.9 Å². The number of hydrogen-bond acceptors (Lipinski definition) is 2. The van der Waals surface area contributed by atoms with Crippen molar-refractivity contribution in [3.05, 3.63) is 188 Å². The van der Waals surface area contributed by atoms with Crippen molar-refractivity contribution < 1.29 is 4.57 Å². The molecule has 8 aromatic carbocycles. The van der Waals surface area contributed by atoms with E-state index in [0.717, 1.165) is 55.1 Å². The third kappa shape index (κ3) is 4.99. The Hall–Kier alpha value is -6.02. The first kappa shape index (κ1) is 29.1. The van der Waals surface area contributed by atoms with Gasteiger partial charge < -0.3 is 4.57 Å². The number of hydrogen-bond donors (Lipinski definition) is 0. The van der Waals surface area contributed by atoms with Crippen molar-refractivity contribution in [2.75, 3.05) is 0 Å². The van der Waals surface area contributed by atoms with Crippen molar-refractivity contribution in [1.29, 1.82) is 0 Å². The lowest BCUT2D eigenvalue weighted by atomic mass is 9.97. The molecule has 0 N–H and O–H groups in total. The first-order valence-corrected chi connectivity index (χ1v) is 18.2. The Bertz CT molecular complexity index is 2640. The van der Waals surface area contributed by atoms with E-state index in [4.69, 9.17) is 4.98 Å². The van der Waals surface area contributed by atoms with Crippen molar-refractivity contribution in [2.45, 2.75) is 0 Å². The molecule has 0 spiro atoms. The van der Waals surface area contributed by atoms with E-state index in [9.17, 15) is 0 Å². The molecule has 0 fully saturated rings. The molecule has 9 rings (SSSR count). The van der Waals surface area contributed by atoms with Crippen LogP contribution in [0.1, 0.15) is 0 Å². The van der Waals surface area contributed by atoms with Crippen LogP contribution in [0, 0.1) is 0 Å². The SMILES string of the molecule is O=P(c1ccccc1)(c1ccccc1)c1ccc2nc(-c3ccccc3)n(-c3cccc(-c4ccc5c(ccc6ccccc65)c4)c3)c2c1. The van der Waals surface area contributed by atoms with Gasteiger partial charge in [-0.1, -0.05) is 152 Å². The smallest absolute Gasteiger partial charge is 0.171 e. The summed E-state index contributed by atoms with van der Waals surface area (Å²) in [7, 11) is -3.19. The average Bonchev–Trinajstić information content (AvgIpc) is 3.57. The summed E-state index contributed by atoms with van der Waals surface area (Å²) in [4.78, 5) is 5.17. The fourth-order valence-corrected chi connectivity index (χ4v) is 9.71. The van der Waals surface area contributed by atoms with Gasteiger partial charge in [0.05, 0.1) is 11.0 Å². The molecule has 232 valence electrons. The minimum atomic E-state index is -3.19. The number of rotatable bonds is 6. The standard InChI is InChI=1S/C45H31N2OP/c48-49(38-18-6-2-7-19-38,39-20-8-3-9-21-39)40-26-28-43-44(31-40)47(45(46-43)33-14-4-1-5-15-33)37-17-12-16-34(30-37)35-25-27-42-36(29-35)24-23-32-13-10-11-22-41(32)42/h1-31H. The molecule has 0 saturated carbocycles. The predicted molar refractivity (Wildman–Crippen MR) is 206 cm³/mol. The Kier molecular flexibility index (Phi) is 7.08. The van der Waals surface area contributed by atoms with E-state index in [2.05, 4.69) is 102 Å². The summed E-state index contributed by atoms with van der Waals surface area (Å²) in [6.45, 7) is 0. The quantitative estimate of drug-likeness (QED) is 0.133. The summed E-state index contributed by atoms with van der Waals surface area (Å²) >= 11 is 0. The summed E-state index contributed by atoms with van der Waals surface area (Å²) in [5, 5.41) is 7.35. The second-order valence-electron chi connectivity index (χ2n) is 12.4. The molecular weight excluding hydrogens is 615 g/mol. The Morgan fingerprint density at radius 3 is 1.80 bits per heavy atom. The van der Waals surface area contributed by atoms with Gasteiger partial charge in [0.25, 0.3) is 0 Å². The molecule has 0 aliphatic heterocycles.